The van der Waals surface area contributed by atoms with Gasteiger partial charge in [0.15, 0.2) is 0 Å². The third kappa shape index (κ3) is 3.67. The van der Waals surface area contributed by atoms with Crippen LogP contribution in [0.25, 0.3) is 0 Å². The van der Waals surface area contributed by atoms with Crippen LogP contribution in [-0.4, -0.2) is 24.9 Å². The van der Waals surface area contributed by atoms with Crippen molar-refractivity contribution in [2.45, 2.75) is 38.9 Å². The lowest BCUT2D eigenvalue weighted by molar-refractivity contribution is 0.00578. The van der Waals surface area contributed by atoms with Crippen molar-refractivity contribution in [2.24, 2.45) is 0 Å². The summed E-state index contributed by atoms with van der Waals surface area (Å²) in [5, 5.41) is 0. The highest BCUT2D eigenvalue weighted by Gasteiger charge is 2.49. The van der Waals surface area contributed by atoms with Gasteiger partial charge in [0.2, 0.25) is 0 Å². The average molecular weight is 342 g/mol. The van der Waals surface area contributed by atoms with Crippen molar-refractivity contribution in [3.05, 3.63) is 12.1 Å². The molecule has 0 saturated carbocycles. The fourth-order valence-corrected chi connectivity index (χ4v) is 1.91. The number of halogens is 1. The zero-order valence-corrected chi connectivity index (χ0v) is 12.7. The summed E-state index contributed by atoms with van der Waals surface area (Å²) in [5.41, 5.74) is -0.512. The van der Waals surface area contributed by atoms with Crippen molar-refractivity contribution in [1.29, 1.82) is 0 Å². The molecule has 3 nitrogen and oxygen atoms in total. The lowest BCUT2D eigenvalue weighted by atomic mass is 9.90. The molecule has 1 atom stereocenters. The minimum absolute atomic E-state index is 0.254. The monoisotopic (exact) mass is 342 g/mol. The third-order valence-electron chi connectivity index (χ3n) is 2.80. The van der Waals surface area contributed by atoms with E-state index >= 15 is 0 Å². The Hall–Kier alpha value is 0.845. The van der Waals surface area contributed by atoms with Gasteiger partial charge in [-0.05, 0) is 49.7 Å². The first-order chi connectivity index (χ1) is 6.89. The first-order valence-electron chi connectivity index (χ1n) is 4.89. The van der Waals surface area contributed by atoms with Crippen molar-refractivity contribution in [2.75, 3.05) is 6.61 Å². The van der Waals surface area contributed by atoms with Gasteiger partial charge in [0.25, 0.3) is 0 Å². The van der Waals surface area contributed by atoms with Crippen LogP contribution in [0.3, 0.4) is 0 Å². The maximum atomic E-state index is 5.78. The molecule has 86 valence electrons. The Morgan fingerprint density at radius 3 is 2.27 bits per heavy atom. The van der Waals surface area contributed by atoms with Gasteiger partial charge in [-0.25, -0.2) is 0 Å². The van der Waals surface area contributed by atoms with Crippen molar-refractivity contribution in [1.82, 2.24) is 0 Å². The summed E-state index contributed by atoms with van der Waals surface area (Å²) < 4.78 is 16.8. The molecular formula is C9H17BIO3P. The Morgan fingerprint density at radius 2 is 1.80 bits per heavy atom. The van der Waals surface area contributed by atoms with E-state index in [0.29, 0.717) is 13.1 Å². The summed E-state index contributed by atoms with van der Waals surface area (Å²) in [6.07, 6.45) is 1.94. The van der Waals surface area contributed by atoms with Gasteiger partial charge in [0.1, 0.15) is 0 Å². The molecule has 0 radical (unpaired) electrons. The van der Waals surface area contributed by atoms with Gasteiger partial charge in [-0.2, -0.15) is 0 Å². The van der Waals surface area contributed by atoms with Crippen molar-refractivity contribution >= 4 is 35.6 Å². The molecule has 0 aromatic carbocycles. The zero-order valence-electron chi connectivity index (χ0n) is 9.54. The Bertz CT molecular complexity index is 230. The van der Waals surface area contributed by atoms with Crippen molar-refractivity contribution in [3.8, 4) is 0 Å². The van der Waals surface area contributed by atoms with E-state index in [1.807, 2.05) is 39.7 Å². The van der Waals surface area contributed by atoms with Crippen LogP contribution in [0.5, 0.6) is 0 Å². The van der Waals surface area contributed by atoms with Crippen LogP contribution in [-0.2, 0) is 13.8 Å². The number of hydrogen-bond acceptors (Lipinski definition) is 3. The molecule has 1 heterocycles. The van der Waals surface area contributed by atoms with Gasteiger partial charge in [0, 0.05) is 0 Å². The van der Waals surface area contributed by atoms with Gasteiger partial charge in [0.05, 0.1) is 24.3 Å². The maximum Gasteiger partial charge on any atom is 0.486 e. The quantitative estimate of drug-likeness (QED) is 0.340. The van der Waals surface area contributed by atoms with Gasteiger partial charge < -0.3 is 13.8 Å². The molecule has 0 spiro atoms. The molecule has 0 aromatic heterocycles. The maximum absolute atomic E-state index is 5.78. The van der Waals surface area contributed by atoms with E-state index in [4.69, 9.17) is 13.8 Å². The lowest BCUT2D eigenvalue weighted by Gasteiger charge is -2.32. The molecule has 6 heteroatoms. The predicted octanol–water partition coefficient (Wildman–Crippen LogP) is 3.13. The van der Waals surface area contributed by atoms with Crippen LogP contribution < -0.4 is 0 Å². The minimum Gasteiger partial charge on any atom is -0.400 e. The molecule has 15 heavy (non-hydrogen) atoms. The van der Waals surface area contributed by atoms with Crippen LogP contribution in [0.2, 0.25) is 0 Å². The average Bonchev–Trinajstić information content (AvgIpc) is 2.30. The fourth-order valence-electron chi connectivity index (χ4n) is 1.21. The van der Waals surface area contributed by atoms with E-state index in [2.05, 4.69) is 22.0 Å². The summed E-state index contributed by atoms with van der Waals surface area (Å²) in [5.74, 6) is 1.91. The van der Waals surface area contributed by atoms with E-state index in [1.165, 1.54) is 0 Å². The molecular weight excluding hydrogens is 325 g/mol. The summed E-state index contributed by atoms with van der Waals surface area (Å²) in [6, 6.07) is 0. The molecule has 1 aliphatic heterocycles. The van der Waals surface area contributed by atoms with Crippen molar-refractivity contribution in [3.63, 3.8) is 0 Å². The second kappa shape index (κ2) is 5.45. The van der Waals surface area contributed by atoms with Gasteiger partial charge in [-0.1, -0.05) is 12.1 Å². The lowest BCUT2D eigenvalue weighted by Crippen LogP contribution is -2.41. The molecule has 0 N–H and O–H groups in total. The highest BCUT2D eigenvalue weighted by molar-refractivity contribution is 14.2. The Morgan fingerprint density at radius 1 is 1.27 bits per heavy atom. The smallest absolute Gasteiger partial charge is 0.400 e. The van der Waals surface area contributed by atoms with Crippen LogP contribution in [0.15, 0.2) is 12.1 Å². The molecule has 0 bridgehead atoms. The molecule has 0 aliphatic carbocycles. The van der Waals surface area contributed by atoms with E-state index in [9.17, 15) is 0 Å². The van der Waals surface area contributed by atoms with Gasteiger partial charge >= 0.3 is 7.12 Å². The Labute approximate surface area is 107 Å². The van der Waals surface area contributed by atoms with Crippen LogP contribution >= 0.6 is 28.5 Å². The van der Waals surface area contributed by atoms with E-state index in [1.54, 1.807) is 0 Å². The minimum atomic E-state index is -0.256. The molecule has 0 amide bonds. The van der Waals surface area contributed by atoms with Gasteiger partial charge in [-0.3, -0.25) is 0 Å². The molecule has 1 rings (SSSR count). The standard InChI is InChI=1S/C9H17BIO3P/c1-8(2)9(3,4)14-10(13-8)6-5-7-12-15-11/h5-6,15H,7H2,1-4H3/b6-5+. The molecule has 1 aliphatic rings. The predicted molar refractivity (Wildman–Crippen MR) is 73.5 cm³/mol. The molecule has 0 aromatic rings. The van der Waals surface area contributed by atoms with Gasteiger partial charge in [-0.15, -0.1) is 0 Å². The third-order valence-corrected chi connectivity index (χ3v) is 4.01. The highest BCUT2D eigenvalue weighted by Crippen LogP contribution is 2.36. The second-order valence-corrected chi connectivity index (χ2v) is 6.21. The SMILES string of the molecule is CC1(C)OB(/C=C/COPI)OC1(C)C. The summed E-state index contributed by atoms with van der Waals surface area (Å²) in [7, 11) is -0.254. The van der Waals surface area contributed by atoms with E-state index < -0.39 is 0 Å². The number of rotatable bonds is 4. The summed E-state index contributed by atoms with van der Waals surface area (Å²) in [4.78, 5) is 0. The Kier molecular flexibility index (Phi) is 5.06. The fraction of sp³-hybridized carbons (Fsp3) is 0.778. The molecule has 1 fully saturated rings. The number of hydrogen-bond donors (Lipinski definition) is 0. The topological polar surface area (TPSA) is 27.7 Å². The first-order valence-corrected chi connectivity index (χ1v) is 8.91. The van der Waals surface area contributed by atoms with Crippen LogP contribution in [0, 0.1) is 0 Å². The largest absolute Gasteiger partial charge is 0.486 e. The molecule has 1 unspecified atom stereocenters. The summed E-state index contributed by atoms with van der Waals surface area (Å²) in [6.45, 7) is 9.29. The van der Waals surface area contributed by atoms with Crippen LogP contribution in [0.1, 0.15) is 27.7 Å². The van der Waals surface area contributed by atoms with E-state index in [-0.39, 0.29) is 18.3 Å². The zero-order chi connectivity index (χ0) is 11.5. The highest BCUT2D eigenvalue weighted by atomic mass is 127. The van der Waals surface area contributed by atoms with Crippen molar-refractivity contribution < 1.29 is 13.8 Å². The van der Waals surface area contributed by atoms with Crippen LogP contribution in [0.4, 0.5) is 0 Å². The summed E-state index contributed by atoms with van der Waals surface area (Å²) >= 11 is 2.20. The first kappa shape index (κ1) is 13.9. The van der Waals surface area contributed by atoms with E-state index in [0.717, 1.165) is 0 Å². The molecule has 1 saturated heterocycles. The Balaban J connectivity index is 2.45. The second-order valence-electron chi connectivity index (χ2n) is 4.44. The normalized spacial score (nSPS) is 24.7.